The molecule has 0 saturated heterocycles. The van der Waals surface area contributed by atoms with Crippen LogP contribution in [0.15, 0.2) is 0 Å². The van der Waals surface area contributed by atoms with Crippen molar-refractivity contribution < 1.29 is 14.7 Å². The van der Waals surface area contributed by atoms with E-state index < -0.39 is 11.4 Å². The molecule has 0 spiro atoms. The number of nitriles is 1. The van der Waals surface area contributed by atoms with Crippen molar-refractivity contribution in [1.82, 2.24) is 5.32 Å². The van der Waals surface area contributed by atoms with Crippen molar-refractivity contribution in [2.45, 2.75) is 51.0 Å². The van der Waals surface area contributed by atoms with Crippen LogP contribution in [0.4, 0.5) is 0 Å². The Morgan fingerprint density at radius 1 is 1.28 bits per heavy atom. The van der Waals surface area contributed by atoms with Crippen LogP contribution in [0.25, 0.3) is 0 Å². The summed E-state index contributed by atoms with van der Waals surface area (Å²) >= 11 is 0. The van der Waals surface area contributed by atoms with Gasteiger partial charge in [0.05, 0.1) is 12.0 Å². The first-order valence-electron chi connectivity index (χ1n) is 6.52. The summed E-state index contributed by atoms with van der Waals surface area (Å²) in [4.78, 5) is 23.0. The molecule has 98 valence electrons. The van der Waals surface area contributed by atoms with E-state index in [9.17, 15) is 14.9 Å². The Balaban J connectivity index is 1.93. The Morgan fingerprint density at radius 2 is 1.94 bits per heavy atom. The van der Waals surface area contributed by atoms with Gasteiger partial charge in [-0.3, -0.25) is 9.59 Å². The van der Waals surface area contributed by atoms with Crippen molar-refractivity contribution >= 4 is 11.9 Å². The van der Waals surface area contributed by atoms with Crippen molar-refractivity contribution in [3.8, 4) is 6.07 Å². The molecule has 0 aromatic carbocycles. The zero-order valence-electron chi connectivity index (χ0n) is 10.3. The third-order valence-corrected chi connectivity index (χ3v) is 4.22. The van der Waals surface area contributed by atoms with Crippen LogP contribution in [0.5, 0.6) is 0 Å². The largest absolute Gasteiger partial charge is 0.481 e. The Hall–Kier alpha value is -1.57. The maximum Gasteiger partial charge on any atom is 0.306 e. The second kappa shape index (κ2) is 4.97. The Labute approximate surface area is 106 Å². The minimum absolute atomic E-state index is 0.0792. The summed E-state index contributed by atoms with van der Waals surface area (Å²) in [6.07, 6.45) is 4.90. The molecule has 2 rings (SSSR count). The smallest absolute Gasteiger partial charge is 0.306 e. The summed E-state index contributed by atoms with van der Waals surface area (Å²) in [6.45, 7) is 0. The molecular formula is C13H18N2O3. The third kappa shape index (κ3) is 2.33. The first-order valence-corrected chi connectivity index (χ1v) is 6.52. The molecule has 0 unspecified atom stereocenters. The number of amides is 1. The van der Waals surface area contributed by atoms with Gasteiger partial charge in [0, 0.05) is 6.04 Å². The predicted octanol–water partition coefficient (Wildman–Crippen LogP) is 1.44. The Bertz CT molecular complexity index is 394. The summed E-state index contributed by atoms with van der Waals surface area (Å²) in [6, 6.07) is 2.08. The van der Waals surface area contributed by atoms with Gasteiger partial charge in [-0.25, -0.2) is 0 Å². The van der Waals surface area contributed by atoms with E-state index in [4.69, 9.17) is 5.11 Å². The average molecular weight is 250 g/mol. The highest BCUT2D eigenvalue weighted by molar-refractivity contribution is 5.86. The van der Waals surface area contributed by atoms with Crippen LogP contribution in [-0.4, -0.2) is 23.0 Å². The normalized spacial score (nSPS) is 29.7. The van der Waals surface area contributed by atoms with Crippen LogP contribution in [0.1, 0.15) is 44.9 Å². The molecule has 0 aromatic heterocycles. The van der Waals surface area contributed by atoms with Crippen molar-refractivity contribution in [2.24, 2.45) is 11.3 Å². The minimum Gasteiger partial charge on any atom is -0.481 e. The first-order chi connectivity index (χ1) is 8.57. The van der Waals surface area contributed by atoms with Gasteiger partial charge in [0.1, 0.15) is 5.41 Å². The fourth-order valence-electron chi connectivity index (χ4n) is 3.03. The van der Waals surface area contributed by atoms with E-state index in [1.54, 1.807) is 0 Å². The lowest BCUT2D eigenvalue weighted by molar-refractivity contribution is -0.141. The molecule has 2 fully saturated rings. The zero-order chi connectivity index (χ0) is 13.2. The van der Waals surface area contributed by atoms with Crippen LogP contribution >= 0.6 is 0 Å². The molecular weight excluding hydrogens is 232 g/mol. The highest BCUT2D eigenvalue weighted by atomic mass is 16.4. The third-order valence-electron chi connectivity index (χ3n) is 4.22. The SMILES string of the molecule is N#CC1(C(=O)N[C@H]2CC[C@@H](C(=O)O)C2)CCCC1. The van der Waals surface area contributed by atoms with E-state index in [2.05, 4.69) is 11.4 Å². The van der Waals surface area contributed by atoms with Crippen molar-refractivity contribution in [3.63, 3.8) is 0 Å². The standard InChI is InChI=1S/C13H18N2O3/c14-8-13(5-1-2-6-13)12(18)15-10-4-3-9(7-10)11(16)17/h9-10H,1-7H2,(H,15,18)(H,16,17)/t9-,10+/m1/s1. The first kappa shape index (κ1) is 12.9. The van der Waals surface area contributed by atoms with Crippen LogP contribution < -0.4 is 5.32 Å². The van der Waals surface area contributed by atoms with Crippen molar-refractivity contribution in [3.05, 3.63) is 0 Å². The number of hydrogen-bond donors (Lipinski definition) is 2. The number of nitrogens with one attached hydrogen (secondary N) is 1. The molecule has 2 aliphatic rings. The summed E-state index contributed by atoms with van der Waals surface area (Å²) in [5, 5.41) is 21.0. The van der Waals surface area contributed by atoms with Crippen molar-refractivity contribution in [1.29, 1.82) is 5.26 Å². The van der Waals surface area contributed by atoms with Crippen LogP contribution in [0.3, 0.4) is 0 Å². The van der Waals surface area contributed by atoms with Gasteiger partial charge >= 0.3 is 5.97 Å². The predicted molar refractivity (Wildman–Crippen MR) is 63.4 cm³/mol. The molecule has 0 radical (unpaired) electrons. The summed E-state index contributed by atoms with van der Waals surface area (Å²) < 4.78 is 0. The molecule has 0 aliphatic heterocycles. The molecule has 5 heteroatoms. The fraction of sp³-hybridized carbons (Fsp3) is 0.769. The summed E-state index contributed by atoms with van der Waals surface area (Å²) in [5.74, 6) is -1.34. The van der Waals surface area contributed by atoms with Gasteiger partial charge in [-0.1, -0.05) is 12.8 Å². The van der Waals surface area contributed by atoms with Crippen molar-refractivity contribution in [2.75, 3.05) is 0 Å². The number of carbonyl (C=O) groups is 2. The monoisotopic (exact) mass is 250 g/mol. The van der Waals surface area contributed by atoms with E-state index in [-0.39, 0.29) is 17.9 Å². The van der Waals surface area contributed by atoms with Gasteiger partial charge in [0.2, 0.25) is 5.91 Å². The van der Waals surface area contributed by atoms with Gasteiger partial charge in [-0.05, 0) is 32.1 Å². The highest BCUT2D eigenvalue weighted by Gasteiger charge is 2.43. The Kier molecular flexibility index (Phi) is 3.55. The number of carboxylic acids is 1. The number of hydrogen-bond acceptors (Lipinski definition) is 3. The molecule has 0 bridgehead atoms. The summed E-state index contributed by atoms with van der Waals surface area (Å²) in [7, 11) is 0. The molecule has 5 nitrogen and oxygen atoms in total. The number of rotatable bonds is 3. The molecule has 2 aliphatic carbocycles. The van der Waals surface area contributed by atoms with Crippen LogP contribution in [0.2, 0.25) is 0 Å². The van der Waals surface area contributed by atoms with E-state index in [0.717, 1.165) is 12.8 Å². The van der Waals surface area contributed by atoms with E-state index in [1.165, 1.54) is 0 Å². The second-order valence-electron chi connectivity index (χ2n) is 5.42. The van der Waals surface area contributed by atoms with Gasteiger partial charge in [-0.15, -0.1) is 0 Å². The van der Waals surface area contributed by atoms with E-state index in [0.29, 0.717) is 32.1 Å². The molecule has 2 saturated carbocycles. The summed E-state index contributed by atoms with van der Waals surface area (Å²) in [5.41, 5.74) is -0.860. The number of carboxylic acid groups (broad SMARTS) is 1. The number of aliphatic carboxylic acids is 1. The second-order valence-corrected chi connectivity index (χ2v) is 5.42. The van der Waals surface area contributed by atoms with Gasteiger partial charge in [0.25, 0.3) is 0 Å². The lowest BCUT2D eigenvalue weighted by atomic mass is 9.86. The molecule has 2 atom stereocenters. The fourth-order valence-corrected chi connectivity index (χ4v) is 3.03. The maximum atomic E-state index is 12.1. The zero-order valence-corrected chi connectivity index (χ0v) is 10.3. The lowest BCUT2D eigenvalue weighted by Gasteiger charge is -2.22. The molecule has 2 N–H and O–H groups in total. The van der Waals surface area contributed by atoms with Gasteiger partial charge < -0.3 is 10.4 Å². The molecule has 0 heterocycles. The topological polar surface area (TPSA) is 90.2 Å². The molecule has 18 heavy (non-hydrogen) atoms. The van der Waals surface area contributed by atoms with Gasteiger partial charge in [-0.2, -0.15) is 5.26 Å². The van der Waals surface area contributed by atoms with Crippen LogP contribution in [-0.2, 0) is 9.59 Å². The maximum absolute atomic E-state index is 12.1. The quantitative estimate of drug-likeness (QED) is 0.793. The highest BCUT2D eigenvalue weighted by Crippen LogP contribution is 2.38. The number of nitrogens with zero attached hydrogens (tertiary/aromatic N) is 1. The molecule has 1 amide bonds. The van der Waals surface area contributed by atoms with E-state index in [1.807, 2.05) is 0 Å². The Morgan fingerprint density at radius 3 is 2.44 bits per heavy atom. The van der Waals surface area contributed by atoms with Gasteiger partial charge in [0.15, 0.2) is 0 Å². The molecule has 0 aromatic rings. The van der Waals surface area contributed by atoms with Crippen LogP contribution in [0, 0.1) is 22.7 Å². The van der Waals surface area contributed by atoms with E-state index >= 15 is 0 Å². The minimum atomic E-state index is -0.860. The average Bonchev–Trinajstić information content (AvgIpc) is 2.97. The lowest BCUT2D eigenvalue weighted by Crippen LogP contribution is -2.43. The number of carbonyl (C=O) groups excluding carboxylic acids is 1.